The molecule has 0 radical (unpaired) electrons. The Hall–Kier alpha value is -2.44. The highest BCUT2D eigenvalue weighted by Crippen LogP contribution is 2.25. The summed E-state index contributed by atoms with van der Waals surface area (Å²) in [6.45, 7) is 1.81. The standard InChI is InChI=1S/C14H16FN5O/c1-21-11-5-4-9(8-10(11)15)12-17-13(16)19-14(18-12)20-6-2-3-7-20/h4-5,8H,2-3,6-7H2,1H3,(H2,16,17,18,19). The number of anilines is 2. The van der Waals surface area contributed by atoms with Crippen molar-refractivity contribution in [1.29, 1.82) is 0 Å². The number of rotatable bonds is 3. The maximum Gasteiger partial charge on any atom is 0.230 e. The lowest BCUT2D eigenvalue weighted by molar-refractivity contribution is 0.386. The first-order valence-electron chi connectivity index (χ1n) is 6.78. The number of hydrogen-bond acceptors (Lipinski definition) is 6. The van der Waals surface area contributed by atoms with Crippen molar-refractivity contribution in [3.8, 4) is 17.1 Å². The molecule has 2 N–H and O–H groups in total. The van der Waals surface area contributed by atoms with Crippen molar-refractivity contribution in [3.05, 3.63) is 24.0 Å². The molecule has 1 fully saturated rings. The minimum Gasteiger partial charge on any atom is -0.494 e. The van der Waals surface area contributed by atoms with Crippen LogP contribution < -0.4 is 15.4 Å². The van der Waals surface area contributed by atoms with E-state index in [1.165, 1.54) is 13.2 Å². The summed E-state index contributed by atoms with van der Waals surface area (Å²) in [7, 11) is 1.42. The molecule has 21 heavy (non-hydrogen) atoms. The molecule has 0 spiro atoms. The lowest BCUT2D eigenvalue weighted by Gasteiger charge is -2.15. The smallest absolute Gasteiger partial charge is 0.230 e. The van der Waals surface area contributed by atoms with Crippen molar-refractivity contribution < 1.29 is 9.13 Å². The van der Waals surface area contributed by atoms with E-state index < -0.39 is 5.82 Å². The van der Waals surface area contributed by atoms with Gasteiger partial charge in [-0.05, 0) is 31.0 Å². The molecule has 2 aromatic rings. The number of ether oxygens (including phenoxy) is 1. The van der Waals surface area contributed by atoms with Crippen LogP contribution in [0, 0.1) is 5.82 Å². The Morgan fingerprint density at radius 2 is 1.95 bits per heavy atom. The minimum absolute atomic E-state index is 0.137. The van der Waals surface area contributed by atoms with E-state index in [9.17, 15) is 4.39 Å². The van der Waals surface area contributed by atoms with Crippen molar-refractivity contribution >= 4 is 11.9 Å². The summed E-state index contributed by atoms with van der Waals surface area (Å²) in [6.07, 6.45) is 2.22. The number of methoxy groups -OCH3 is 1. The van der Waals surface area contributed by atoms with Crippen molar-refractivity contribution in [3.63, 3.8) is 0 Å². The Morgan fingerprint density at radius 3 is 2.62 bits per heavy atom. The summed E-state index contributed by atoms with van der Waals surface area (Å²) in [5.41, 5.74) is 6.30. The second-order valence-electron chi connectivity index (χ2n) is 4.86. The minimum atomic E-state index is -0.461. The average Bonchev–Trinajstić information content (AvgIpc) is 3.01. The van der Waals surface area contributed by atoms with Crippen LogP contribution in [-0.2, 0) is 0 Å². The number of nitrogens with two attached hydrogens (primary N) is 1. The molecule has 0 unspecified atom stereocenters. The molecule has 0 aliphatic carbocycles. The molecule has 0 amide bonds. The predicted molar refractivity (Wildman–Crippen MR) is 77.6 cm³/mol. The molecule has 0 atom stereocenters. The van der Waals surface area contributed by atoms with Crippen LogP contribution in [0.2, 0.25) is 0 Å². The lowest BCUT2D eigenvalue weighted by Crippen LogP contribution is -2.21. The molecule has 6 nitrogen and oxygen atoms in total. The molecule has 1 aliphatic rings. The summed E-state index contributed by atoms with van der Waals surface area (Å²) in [5.74, 6) is 0.771. The Balaban J connectivity index is 1.99. The van der Waals surface area contributed by atoms with E-state index in [0.29, 0.717) is 17.3 Å². The summed E-state index contributed by atoms with van der Waals surface area (Å²) in [4.78, 5) is 14.7. The molecule has 110 valence electrons. The molecule has 3 rings (SSSR count). The fourth-order valence-corrected chi connectivity index (χ4v) is 2.37. The fourth-order valence-electron chi connectivity index (χ4n) is 2.37. The van der Waals surface area contributed by atoms with Crippen LogP contribution in [0.3, 0.4) is 0 Å². The zero-order valence-electron chi connectivity index (χ0n) is 11.7. The van der Waals surface area contributed by atoms with Crippen molar-refractivity contribution in [2.45, 2.75) is 12.8 Å². The Bertz CT molecular complexity index is 658. The van der Waals surface area contributed by atoms with Gasteiger partial charge < -0.3 is 15.4 Å². The van der Waals surface area contributed by atoms with Gasteiger partial charge in [-0.1, -0.05) is 0 Å². The molecule has 1 aromatic heterocycles. The monoisotopic (exact) mass is 289 g/mol. The van der Waals surface area contributed by atoms with E-state index in [1.54, 1.807) is 12.1 Å². The molecule has 1 aromatic carbocycles. The van der Waals surface area contributed by atoms with Crippen molar-refractivity contribution in [1.82, 2.24) is 15.0 Å². The van der Waals surface area contributed by atoms with Gasteiger partial charge in [0.15, 0.2) is 17.4 Å². The van der Waals surface area contributed by atoms with Crippen LogP contribution in [0.15, 0.2) is 18.2 Å². The second kappa shape index (κ2) is 5.51. The van der Waals surface area contributed by atoms with Gasteiger partial charge in [-0.2, -0.15) is 15.0 Å². The maximum absolute atomic E-state index is 13.8. The number of nitrogens with zero attached hydrogens (tertiary/aromatic N) is 4. The highest BCUT2D eigenvalue weighted by atomic mass is 19.1. The largest absolute Gasteiger partial charge is 0.494 e. The molecular formula is C14H16FN5O. The Kier molecular flexibility index (Phi) is 3.55. The zero-order chi connectivity index (χ0) is 14.8. The summed E-state index contributed by atoms with van der Waals surface area (Å²) in [6, 6.07) is 4.58. The van der Waals surface area contributed by atoms with Gasteiger partial charge in [-0.3, -0.25) is 0 Å². The van der Waals surface area contributed by atoms with Crippen molar-refractivity contribution in [2.24, 2.45) is 0 Å². The quantitative estimate of drug-likeness (QED) is 0.929. The topological polar surface area (TPSA) is 77.2 Å². The van der Waals surface area contributed by atoms with E-state index in [4.69, 9.17) is 10.5 Å². The normalized spacial score (nSPS) is 14.5. The Morgan fingerprint density at radius 1 is 1.19 bits per heavy atom. The summed E-state index contributed by atoms with van der Waals surface area (Å²) >= 11 is 0. The first-order chi connectivity index (χ1) is 10.2. The number of aromatic nitrogens is 3. The third kappa shape index (κ3) is 2.72. The Labute approximate surface area is 121 Å². The number of nitrogen functional groups attached to an aromatic ring is 1. The van der Waals surface area contributed by atoms with Crippen molar-refractivity contribution in [2.75, 3.05) is 30.8 Å². The van der Waals surface area contributed by atoms with Gasteiger partial charge >= 0.3 is 0 Å². The highest BCUT2D eigenvalue weighted by molar-refractivity contribution is 5.59. The highest BCUT2D eigenvalue weighted by Gasteiger charge is 2.17. The van der Waals surface area contributed by atoms with Crippen LogP contribution in [0.25, 0.3) is 11.4 Å². The van der Waals surface area contributed by atoms with Crippen LogP contribution >= 0.6 is 0 Å². The van der Waals surface area contributed by atoms with Gasteiger partial charge in [0.25, 0.3) is 0 Å². The number of halogens is 1. The van der Waals surface area contributed by atoms with E-state index in [2.05, 4.69) is 19.9 Å². The van der Waals surface area contributed by atoms with E-state index in [0.717, 1.165) is 25.9 Å². The molecule has 0 saturated carbocycles. The second-order valence-corrected chi connectivity index (χ2v) is 4.86. The van der Waals surface area contributed by atoms with Gasteiger partial charge in [-0.15, -0.1) is 0 Å². The van der Waals surface area contributed by atoms with E-state index in [-0.39, 0.29) is 11.7 Å². The lowest BCUT2D eigenvalue weighted by atomic mass is 10.2. The van der Waals surface area contributed by atoms with Crippen LogP contribution in [0.1, 0.15) is 12.8 Å². The first-order valence-corrected chi connectivity index (χ1v) is 6.78. The summed E-state index contributed by atoms with van der Waals surface area (Å²) in [5, 5.41) is 0. The maximum atomic E-state index is 13.8. The number of hydrogen-bond donors (Lipinski definition) is 1. The van der Waals surface area contributed by atoms with Gasteiger partial charge in [-0.25, -0.2) is 4.39 Å². The van der Waals surface area contributed by atoms with E-state index in [1.807, 2.05) is 0 Å². The summed E-state index contributed by atoms with van der Waals surface area (Å²) < 4.78 is 18.7. The molecule has 7 heteroatoms. The first kappa shape index (κ1) is 13.5. The van der Waals surface area contributed by atoms with Gasteiger partial charge in [0.2, 0.25) is 11.9 Å². The molecule has 1 aliphatic heterocycles. The zero-order valence-corrected chi connectivity index (χ0v) is 11.7. The van der Waals surface area contributed by atoms with Gasteiger partial charge in [0, 0.05) is 18.7 Å². The number of benzene rings is 1. The third-order valence-corrected chi connectivity index (χ3v) is 3.44. The van der Waals surface area contributed by atoms with Gasteiger partial charge in [0.05, 0.1) is 7.11 Å². The predicted octanol–water partition coefficient (Wildman–Crippen LogP) is 1.87. The fraction of sp³-hybridized carbons (Fsp3) is 0.357. The van der Waals surface area contributed by atoms with Crippen LogP contribution in [0.5, 0.6) is 5.75 Å². The van der Waals surface area contributed by atoms with Crippen LogP contribution in [0.4, 0.5) is 16.3 Å². The van der Waals surface area contributed by atoms with Gasteiger partial charge in [0.1, 0.15) is 0 Å². The molecule has 1 saturated heterocycles. The third-order valence-electron chi connectivity index (χ3n) is 3.44. The molecule has 0 bridgehead atoms. The van der Waals surface area contributed by atoms with Crippen LogP contribution in [-0.4, -0.2) is 35.2 Å². The molecule has 2 heterocycles. The SMILES string of the molecule is COc1ccc(-c2nc(N)nc(N3CCCC3)n2)cc1F. The average molecular weight is 289 g/mol. The van der Waals surface area contributed by atoms with E-state index >= 15 is 0 Å². The molecular weight excluding hydrogens is 273 g/mol.